The number of nitrogens with two attached hydrogens (primary N) is 1. The molecule has 0 saturated carbocycles. The Kier molecular flexibility index (Phi) is 4.99. The van der Waals surface area contributed by atoms with Crippen LogP contribution in [0.25, 0.3) is 0 Å². The van der Waals surface area contributed by atoms with Crippen LogP contribution in [0.15, 0.2) is 36.4 Å². The molecule has 5 heteroatoms. The molecule has 0 bridgehead atoms. The fourth-order valence-corrected chi connectivity index (χ4v) is 2.39. The van der Waals surface area contributed by atoms with Gasteiger partial charge in [-0.2, -0.15) is 0 Å². The van der Waals surface area contributed by atoms with Gasteiger partial charge in [0.15, 0.2) is 5.75 Å². The summed E-state index contributed by atoms with van der Waals surface area (Å²) in [6.07, 6.45) is 0.751. The monoisotopic (exact) mass is 311 g/mol. The summed E-state index contributed by atoms with van der Waals surface area (Å²) in [5, 5.41) is 0.842. The molecule has 20 heavy (non-hydrogen) atoms. The number of ether oxygens (including phenoxy) is 2. The first-order valence-corrected chi connectivity index (χ1v) is 6.86. The van der Waals surface area contributed by atoms with Gasteiger partial charge >= 0.3 is 0 Å². The molecular formula is C15H15Cl2NO2. The summed E-state index contributed by atoms with van der Waals surface area (Å²) in [6, 6.07) is 11.1. The van der Waals surface area contributed by atoms with E-state index in [0.717, 1.165) is 17.7 Å². The zero-order valence-corrected chi connectivity index (χ0v) is 12.5. The zero-order valence-electron chi connectivity index (χ0n) is 11.0. The lowest BCUT2D eigenvalue weighted by atomic mass is 10.1. The molecule has 0 heterocycles. The van der Waals surface area contributed by atoms with Gasteiger partial charge in [-0.05, 0) is 29.8 Å². The average Bonchev–Trinajstić information content (AvgIpc) is 2.42. The molecule has 0 amide bonds. The fraction of sp³-hybridized carbons (Fsp3) is 0.200. The van der Waals surface area contributed by atoms with Gasteiger partial charge in [0.1, 0.15) is 5.75 Å². The molecule has 106 valence electrons. The Labute approximate surface area is 128 Å². The highest BCUT2D eigenvalue weighted by Gasteiger charge is 2.08. The van der Waals surface area contributed by atoms with E-state index in [9.17, 15) is 0 Å². The highest BCUT2D eigenvalue weighted by Crippen LogP contribution is 2.35. The van der Waals surface area contributed by atoms with Crippen molar-refractivity contribution in [1.29, 1.82) is 0 Å². The van der Waals surface area contributed by atoms with Crippen molar-refractivity contribution < 1.29 is 9.47 Å². The van der Waals surface area contributed by atoms with Gasteiger partial charge in [-0.1, -0.05) is 35.3 Å². The number of benzene rings is 2. The van der Waals surface area contributed by atoms with Gasteiger partial charge in [0, 0.05) is 12.1 Å². The minimum absolute atomic E-state index is 0.421. The van der Waals surface area contributed by atoms with Crippen LogP contribution < -0.4 is 15.2 Å². The third-order valence-corrected chi connectivity index (χ3v) is 3.38. The normalized spacial score (nSPS) is 10.3. The first kappa shape index (κ1) is 14.8. The van der Waals surface area contributed by atoms with Crippen LogP contribution in [0.3, 0.4) is 0 Å². The second-order valence-electron chi connectivity index (χ2n) is 4.26. The third kappa shape index (κ3) is 3.71. The van der Waals surface area contributed by atoms with Crippen LogP contribution in [-0.4, -0.2) is 13.7 Å². The number of hydrogen-bond donors (Lipinski definition) is 1. The van der Waals surface area contributed by atoms with E-state index in [1.54, 1.807) is 19.2 Å². The van der Waals surface area contributed by atoms with Crippen molar-refractivity contribution in [2.24, 2.45) is 0 Å². The Bertz CT molecular complexity index is 562. The van der Waals surface area contributed by atoms with Gasteiger partial charge in [0.25, 0.3) is 0 Å². The number of hydrogen-bond acceptors (Lipinski definition) is 3. The molecule has 2 aromatic rings. The Morgan fingerprint density at radius 3 is 2.20 bits per heavy atom. The summed E-state index contributed by atoms with van der Waals surface area (Å²) >= 11 is 12.1. The molecule has 0 aliphatic heterocycles. The van der Waals surface area contributed by atoms with Crippen molar-refractivity contribution in [1.82, 2.24) is 0 Å². The van der Waals surface area contributed by atoms with E-state index >= 15 is 0 Å². The average molecular weight is 312 g/mol. The van der Waals surface area contributed by atoms with Gasteiger partial charge in [-0.25, -0.2) is 0 Å². The SMILES string of the molecule is COc1ccc(CCOc2c(Cl)cc(N)cc2Cl)cc1. The molecule has 0 fully saturated rings. The van der Waals surface area contributed by atoms with Crippen molar-refractivity contribution >= 4 is 28.9 Å². The second-order valence-corrected chi connectivity index (χ2v) is 5.07. The maximum atomic E-state index is 6.05. The molecule has 0 radical (unpaired) electrons. The van der Waals surface area contributed by atoms with Crippen molar-refractivity contribution in [3.63, 3.8) is 0 Å². The first-order valence-electron chi connectivity index (χ1n) is 6.10. The standard InChI is InChI=1S/C15H15Cl2NO2/c1-19-12-4-2-10(3-5-12)6-7-20-15-13(16)8-11(18)9-14(15)17/h2-5,8-9H,6-7,18H2,1H3. The van der Waals surface area contributed by atoms with Gasteiger partial charge in [0.2, 0.25) is 0 Å². The molecule has 0 aliphatic carbocycles. The first-order chi connectivity index (χ1) is 9.60. The number of nitrogen functional groups attached to an aromatic ring is 1. The number of anilines is 1. The minimum Gasteiger partial charge on any atom is -0.497 e. The number of methoxy groups -OCH3 is 1. The van der Waals surface area contributed by atoms with Crippen molar-refractivity contribution in [2.45, 2.75) is 6.42 Å². The van der Waals surface area contributed by atoms with Gasteiger partial charge in [-0.3, -0.25) is 0 Å². The summed E-state index contributed by atoms with van der Waals surface area (Å²) in [4.78, 5) is 0. The topological polar surface area (TPSA) is 44.5 Å². The molecule has 2 aromatic carbocycles. The van der Waals surface area contributed by atoms with E-state index in [0.29, 0.717) is 28.1 Å². The van der Waals surface area contributed by atoms with Crippen LogP contribution in [0.4, 0.5) is 5.69 Å². The highest BCUT2D eigenvalue weighted by atomic mass is 35.5. The highest BCUT2D eigenvalue weighted by molar-refractivity contribution is 6.37. The zero-order chi connectivity index (χ0) is 14.5. The summed E-state index contributed by atoms with van der Waals surface area (Å²) in [7, 11) is 1.64. The lowest BCUT2D eigenvalue weighted by Crippen LogP contribution is -2.02. The van der Waals surface area contributed by atoms with Crippen LogP contribution in [0.5, 0.6) is 11.5 Å². The summed E-state index contributed by atoms with van der Waals surface area (Å²) in [6.45, 7) is 0.482. The van der Waals surface area contributed by atoms with Crippen molar-refractivity contribution in [2.75, 3.05) is 19.5 Å². The Morgan fingerprint density at radius 1 is 1.05 bits per heavy atom. The lowest BCUT2D eigenvalue weighted by Gasteiger charge is -2.11. The molecule has 0 aliphatic rings. The van der Waals surface area contributed by atoms with Gasteiger partial charge in [-0.15, -0.1) is 0 Å². The van der Waals surface area contributed by atoms with E-state index in [1.807, 2.05) is 24.3 Å². The van der Waals surface area contributed by atoms with Crippen molar-refractivity contribution in [3.8, 4) is 11.5 Å². The Morgan fingerprint density at radius 2 is 1.65 bits per heavy atom. The minimum atomic E-state index is 0.421. The molecule has 3 nitrogen and oxygen atoms in total. The van der Waals surface area contributed by atoms with Crippen LogP contribution in [0, 0.1) is 0 Å². The molecule has 2 rings (SSSR count). The van der Waals surface area contributed by atoms with Crippen molar-refractivity contribution in [3.05, 3.63) is 52.0 Å². The fourth-order valence-electron chi connectivity index (χ4n) is 1.78. The van der Waals surface area contributed by atoms with Crippen LogP contribution in [0.2, 0.25) is 10.0 Å². The number of halogens is 2. The lowest BCUT2D eigenvalue weighted by molar-refractivity contribution is 0.322. The summed E-state index contributed by atoms with van der Waals surface area (Å²) < 4.78 is 10.7. The predicted octanol–water partition coefficient (Wildman–Crippen LogP) is 4.21. The van der Waals surface area contributed by atoms with Crippen LogP contribution >= 0.6 is 23.2 Å². The van der Waals surface area contributed by atoms with Crippen LogP contribution in [-0.2, 0) is 6.42 Å². The largest absolute Gasteiger partial charge is 0.497 e. The molecule has 0 saturated heterocycles. The Balaban J connectivity index is 1.95. The number of rotatable bonds is 5. The molecular weight excluding hydrogens is 297 g/mol. The van der Waals surface area contributed by atoms with E-state index in [-0.39, 0.29) is 0 Å². The van der Waals surface area contributed by atoms with E-state index in [1.165, 1.54) is 0 Å². The summed E-state index contributed by atoms with van der Waals surface area (Å²) in [5.41, 5.74) is 7.30. The van der Waals surface area contributed by atoms with E-state index in [2.05, 4.69) is 0 Å². The van der Waals surface area contributed by atoms with E-state index in [4.69, 9.17) is 38.4 Å². The summed E-state index contributed by atoms with van der Waals surface area (Å²) in [5.74, 6) is 1.30. The molecule has 0 spiro atoms. The quantitative estimate of drug-likeness (QED) is 0.841. The predicted molar refractivity (Wildman–Crippen MR) is 83.1 cm³/mol. The maximum Gasteiger partial charge on any atom is 0.156 e. The second kappa shape index (κ2) is 6.73. The van der Waals surface area contributed by atoms with E-state index < -0.39 is 0 Å². The van der Waals surface area contributed by atoms with Gasteiger partial charge < -0.3 is 15.2 Å². The third-order valence-electron chi connectivity index (χ3n) is 2.82. The Hall–Kier alpha value is -1.58. The molecule has 0 aromatic heterocycles. The van der Waals surface area contributed by atoms with Gasteiger partial charge in [0.05, 0.1) is 23.8 Å². The molecule has 0 unspecified atom stereocenters. The van der Waals surface area contributed by atoms with Crippen LogP contribution in [0.1, 0.15) is 5.56 Å². The molecule has 0 atom stereocenters. The molecule has 2 N–H and O–H groups in total. The maximum absolute atomic E-state index is 6.05. The smallest absolute Gasteiger partial charge is 0.156 e.